The molecule has 0 saturated heterocycles. The van der Waals surface area contributed by atoms with Crippen LogP contribution in [0.5, 0.6) is 0 Å². The number of aryl methyl sites for hydroxylation is 1. The first kappa shape index (κ1) is 9.32. The zero-order chi connectivity index (χ0) is 9.35. The number of carbonyl (C=O) groups is 1. The number of hydrogen-bond donors (Lipinski definition) is 0. The van der Waals surface area contributed by atoms with Crippen molar-refractivity contribution in [2.45, 2.75) is 19.8 Å². The maximum Gasteiger partial charge on any atom is 0.307 e. The number of halogens is 2. The van der Waals surface area contributed by atoms with E-state index in [1.54, 1.807) is 6.92 Å². The van der Waals surface area contributed by atoms with E-state index in [1.807, 2.05) is 0 Å². The Morgan fingerprint density at radius 2 is 2.17 bits per heavy atom. The van der Waals surface area contributed by atoms with Crippen LogP contribution >= 0.6 is 11.3 Å². The normalized spacial score (nSPS) is 11.7. The molecule has 0 aromatic carbocycles. The van der Waals surface area contributed by atoms with Gasteiger partial charge in [0, 0.05) is 22.7 Å². The second kappa shape index (κ2) is 2.94. The fraction of sp³-hybridized carbons (Fsp3) is 0.375. The Bertz CT molecular complexity index is 298. The van der Waals surface area contributed by atoms with Gasteiger partial charge in [0.15, 0.2) is 0 Å². The fourth-order valence-electron chi connectivity index (χ4n) is 0.816. The van der Waals surface area contributed by atoms with Gasteiger partial charge in [-0.15, -0.1) is 11.3 Å². The van der Waals surface area contributed by atoms with Crippen LogP contribution in [-0.4, -0.2) is 11.7 Å². The highest BCUT2D eigenvalue weighted by molar-refractivity contribution is 7.10. The molecule has 1 nitrogen and oxygen atoms in total. The van der Waals surface area contributed by atoms with Gasteiger partial charge in [0.25, 0.3) is 0 Å². The Labute approximate surface area is 73.0 Å². The van der Waals surface area contributed by atoms with E-state index in [4.69, 9.17) is 0 Å². The number of carbonyl (C=O) groups excluding carboxylic acids is 1. The first-order chi connectivity index (χ1) is 5.41. The topological polar surface area (TPSA) is 17.1 Å². The highest BCUT2D eigenvalue weighted by Gasteiger charge is 2.33. The molecule has 0 aliphatic rings. The molecule has 4 heteroatoms. The van der Waals surface area contributed by atoms with Crippen molar-refractivity contribution in [1.29, 1.82) is 0 Å². The molecule has 0 saturated carbocycles. The van der Waals surface area contributed by atoms with Crippen molar-refractivity contribution in [3.05, 3.63) is 21.9 Å². The van der Waals surface area contributed by atoms with E-state index >= 15 is 0 Å². The Morgan fingerprint density at radius 1 is 1.58 bits per heavy atom. The summed E-state index contributed by atoms with van der Waals surface area (Å²) in [7, 11) is 0. The minimum Gasteiger partial charge on any atom is -0.287 e. The number of ketones is 1. The molecule has 1 heterocycles. The van der Waals surface area contributed by atoms with Crippen LogP contribution in [0.3, 0.4) is 0 Å². The second-order valence-corrected chi connectivity index (χ2v) is 3.78. The lowest BCUT2D eigenvalue weighted by molar-refractivity contribution is 0.0222. The van der Waals surface area contributed by atoms with Gasteiger partial charge < -0.3 is 0 Å². The number of thiophene rings is 1. The molecule has 0 unspecified atom stereocenters. The zero-order valence-electron chi connectivity index (χ0n) is 6.73. The molecule has 0 atom stereocenters. The third-order valence-corrected chi connectivity index (χ3v) is 2.25. The predicted octanol–water partition coefficient (Wildman–Crippen LogP) is 2.89. The Hall–Kier alpha value is -0.770. The zero-order valence-corrected chi connectivity index (χ0v) is 7.54. The van der Waals surface area contributed by atoms with Crippen LogP contribution in [0.4, 0.5) is 8.78 Å². The summed E-state index contributed by atoms with van der Waals surface area (Å²) in [6.07, 6.45) is 0. The van der Waals surface area contributed by atoms with Gasteiger partial charge >= 0.3 is 5.92 Å². The molecule has 0 aliphatic carbocycles. The summed E-state index contributed by atoms with van der Waals surface area (Å²) in [5.41, 5.74) is 0.102. The average Bonchev–Trinajstić information content (AvgIpc) is 2.32. The van der Waals surface area contributed by atoms with Crippen LogP contribution in [-0.2, 0) is 0 Å². The number of rotatable bonds is 2. The third kappa shape index (κ3) is 1.88. The number of hydrogen-bond acceptors (Lipinski definition) is 2. The first-order valence-electron chi connectivity index (χ1n) is 3.39. The van der Waals surface area contributed by atoms with Gasteiger partial charge in [0.1, 0.15) is 0 Å². The summed E-state index contributed by atoms with van der Waals surface area (Å²) in [6, 6.07) is 1.48. The maximum absolute atomic E-state index is 12.5. The standard InChI is InChI=1S/C8H8F2OS/c1-5-3-6(4-12-5)7(11)8(2,9)10/h3-4H,1-2H3. The molecular weight excluding hydrogens is 182 g/mol. The molecule has 0 spiro atoms. The van der Waals surface area contributed by atoms with Crippen LogP contribution in [0.25, 0.3) is 0 Å². The van der Waals surface area contributed by atoms with Crippen molar-refractivity contribution >= 4 is 17.1 Å². The van der Waals surface area contributed by atoms with Gasteiger partial charge in [-0.1, -0.05) is 0 Å². The van der Waals surface area contributed by atoms with Gasteiger partial charge in [0.2, 0.25) is 5.78 Å². The molecule has 66 valence electrons. The molecule has 1 aromatic rings. The van der Waals surface area contributed by atoms with Crippen molar-refractivity contribution < 1.29 is 13.6 Å². The monoisotopic (exact) mass is 190 g/mol. The maximum atomic E-state index is 12.5. The van der Waals surface area contributed by atoms with Crippen molar-refractivity contribution in [2.24, 2.45) is 0 Å². The van der Waals surface area contributed by atoms with Gasteiger partial charge in [-0.3, -0.25) is 4.79 Å². The van der Waals surface area contributed by atoms with Crippen molar-refractivity contribution in [3.63, 3.8) is 0 Å². The molecule has 1 aromatic heterocycles. The summed E-state index contributed by atoms with van der Waals surface area (Å²) >= 11 is 1.29. The molecule has 12 heavy (non-hydrogen) atoms. The Balaban J connectivity index is 2.93. The minimum absolute atomic E-state index is 0.102. The summed E-state index contributed by atoms with van der Waals surface area (Å²) in [5.74, 6) is -4.36. The average molecular weight is 190 g/mol. The van der Waals surface area contributed by atoms with E-state index in [0.29, 0.717) is 6.92 Å². The van der Waals surface area contributed by atoms with E-state index < -0.39 is 11.7 Å². The van der Waals surface area contributed by atoms with Crippen molar-refractivity contribution in [2.75, 3.05) is 0 Å². The van der Waals surface area contributed by atoms with Crippen molar-refractivity contribution in [3.8, 4) is 0 Å². The van der Waals surface area contributed by atoms with Crippen LogP contribution in [0.2, 0.25) is 0 Å². The molecule has 0 radical (unpaired) electrons. The van der Waals surface area contributed by atoms with Crippen LogP contribution in [0.1, 0.15) is 22.2 Å². The third-order valence-electron chi connectivity index (χ3n) is 1.39. The van der Waals surface area contributed by atoms with E-state index in [1.165, 1.54) is 22.8 Å². The van der Waals surface area contributed by atoms with E-state index in [0.717, 1.165) is 4.88 Å². The number of Topliss-reactive ketones (excluding diaryl/α,β-unsaturated/α-hetero) is 1. The fourth-order valence-corrected chi connectivity index (χ4v) is 1.50. The Kier molecular flexibility index (Phi) is 2.28. The van der Waals surface area contributed by atoms with Gasteiger partial charge in [-0.05, 0) is 13.0 Å². The van der Waals surface area contributed by atoms with Crippen LogP contribution < -0.4 is 0 Å². The van der Waals surface area contributed by atoms with Gasteiger partial charge in [-0.25, -0.2) is 0 Å². The summed E-state index contributed by atoms with van der Waals surface area (Å²) in [4.78, 5) is 11.8. The molecular formula is C8H8F2OS. The summed E-state index contributed by atoms with van der Waals surface area (Å²) in [5, 5.41) is 1.45. The predicted molar refractivity (Wildman–Crippen MR) is 44.0 cm³/mol. The second-order valence-electron chi connectivity index (χ2n) is 2.66. The summed E-state index contributed by atoms with van der Waals surface area (Å²) < 4.78 is 24.9. The molecule has 0 amide bonds. The van der Waals surface area contributed by atoms with Gasteiger partial charge in [-0.2, -0.15) is 8.78 Å². The highest BCUT2D eigenvalue weighted by atomic mass is 32.1. The lowest BCUT2D eigenvalue weighted by atomic mass is 10.1. The van der Waals surface area contributed by atoms with E-state index in [-0.39, 0.29) is 5.56 Å². The number of alkyl halides is 2. The molecule has 0 bridgehead atoms. The Morgan fingerprint density at radius 3 is 2.50 bits per heavy atom. The van der Waals surface area contributed by atoms with Crippen LogP contribution in [0.15, 0.2) is 11.4 Å². The van der Waals surface area contributed by atoms with Gasteiger partial charge in [0.05, 0.1) is 0 Å². The molecule has 0 aliphatic heterocycles. The van der Waals surface area contributed by atoms with E-state index in [2.05, 4.69) is 0 Å². The largest absolute Gasteiger partial charge is 0.307 e. The quantitative estimate of drug-likeness (QED) is 0.655. The molecule has 0 N–H and O–H groups in total. The van der Waals surface area contributed by atoms with E-state index in [9.17, 15) is 13.6 Å². The highest BCUT2D eigenvalue weighted by Crippen LogP contribution is 2.22. The lowest BCUT2D eigenvalue weighted by Crippen LogP contribution is -2.23. The SMILES string of the molecule is Cc1cc(C(=O)C(C)(F)F)cs1. The molecule has 1 rings (SSSR count). The minimum atomic E-state index is -3.26. The van der Waals surface area contributed by atoms with Crippen LogP contribution in [0, 0.1) is 6.92 Å². The lowest BCUT2D eigenvalue weighted by Gasteiger charge is -2.05. The summed E-state index contributed by atoms with van der Waals surface area (Å²) in [6.45, 7) is 2.39. The molecule has 0 fully saturated rings. The van der Waals surface area contributed by atoms with Crippen molar-refractivity contribution in [1.82, 2.24) is 0 Å². The smallest absolute Gasteiger partial charge is 0.287 e. The first-order valence-corrected chi connectivity index (χ1v) is 4.27.